The molecule has 7 nitrogen and oxygen atoms in total. The number of nitrogens with zero attached hydrogens (tertiary/aromatic N) is 2. The van der Waals surface area contributed by atoms with Crippen molar-refractivity contribution < 1.29 is 17.6 Å². The first-order valence-electron chi connectivity index (χ1n) is 13.5. The van der Waals surface area contributed by atoms with Gasteiger partial charge in [0.2, 0.25) is 10.0 Å². The predicted octanol–water partition coefficient (Wildman–Crippen LogP) is 6.26. The van der Waals surface area contributed by atoms with Gasteiger partial charge in [0.25, 0.3) is 5.91 Å². The second kappa shape index (κ2) is 13.2. The molecule has 8 heteroatoms. The zero-order chi connectivity index (χ0) is 29.4. The highest BCUT2D eigenvalue weighted by atomic mass is 32.2. The number of sulfonamides is 1. The number of hydrazone groups is 1. The van der Waals surface area contributed by atoms with Crippen LogP contribution >= 0.6 is 0 Å². The van der Waals surface area contributed by atoms with E-state index in [0.717, 1.165) is 22.3 Å². The number of aryl methyl sites for hydroxylation is 1. The van der Waals surface area contributed by atoms with Crippen LogP contribution in [-0.2, 0) is 27.9 Å². The van der Waals surface area contributed by atoms with Crippen LogP contribution in [0.2, 0.25) is 0 Å². The van der Waals surface area contributed by atoms with Crippen LogP contribution in [0.4, 0.5) is 0 Å². The van der Waals surface area contributed by atoms with Gasteiger partial charge >= 0.3 is 0 Å². The van der Waals surface area contributed by atoms with Gasteiger partial charge in [0.1, 0.15) is 11.5 Å². The van der Waals surface area contributed by atoms with Crippen molar-refractivity contribution in [3.63, 3.8) is 0 Å². The molecule has 1 amide bonds. The van der Waals surface area contributed by atoms with Crippen molar-refractivity contribution in [2.45, 2.75) is 30.8 Å². The van der Waals surface area contributed by atoms with Crippen molar-refractivity contribution in [1.82, 2.24) is 9.73 Å². The monoisotopic (exact) mass is 577 g/mol. The van der Waals surface area contributed by atoms with Gasteiger partial charge in [-0.25, -0.2) is 13.8 Å². The molecule has 1 heterocycles. The van der Waals surface area contributed by atoms with Gasteiger partial charge in [-0.15, -0.1) is 0 Å². The van der Waals surface area contributed by atoms with Gasteiger partial charge in [0.15, 0.2) is 0 Å². The Bertz CT molecular complexity index is 1700. The maximum atomic E-state index is 13.6. The Morgan fingerprint density at radius 2 is 1.36 bits per heavy atom. The van der Waals surface area contributed by atoms with E-state index in [9.17, 15) is 13.2 Å². The Labute approximate surface area is 246 Å². The largest absolute Gasteiger partial charge is 0.459 e. The lowest BCUT2D eigenvalue weighted by Gasteiger charge is -2.21. The van der Waals surface area contributed by atoms with Crippen LogP contribution in [0.5, 0.6) is 0 Å². The summed E-state index contributed by atoms with van der Waals surface area (Å²) in [6.07, 6.45) is 1.41. The minimum absolute atomic E-state index is 0.0232. The summed E-state index contributed by atoms with van der Waals surface area (Å²) in [4.78, 5) is 13.4. The SMILES string of the molecule is Cc1ccc(S(=O)(=O)N(Cc2ccccc2)Cc2ccc(/C=N\NC(=O)C(c3ccccc3)c3ccccc3)o2)cc1. The summed E-state index contributed by atoms with van der Waals surface area (Å²) in [5.41, 5.74) is 6.16. The molecule has 0 spiro atoms. The van der Waals surface area contributed by atoms with Crippen LogP contribution in [-0.4, -0.2) is 24.8 Å². The molecule has 0 radical (unpaired) electrons. The third-order valence-corrected chi connectivity index (χ3v) is 8.58. The van der Waals surface area contributed by atoms with E-state index in [1.807, 2.05) is 97.9 Å². The van der Waals surface area contributed by atoms with Crippen molar-refractivity contribution in [3.05, 3.63) is 161 Å². The molecule has 4 aromatic carbocycles. The second-order valence-corrected chi connectivity index (χ2v) is 11.8. The Hall–Kier alpha value is -4.79. The third-order valence-electron chi connectivity index (χ3n) is 6.77. The summed E-state index contributed by atoms with van der Waals surface area (Å²) < 4.78 is 34.5. The molecule has 212 valence electrons. The number of carbonyl (C=O) groups excluding carboxylic acids is 1. The van der Waals surface area contributed by atoms with Crippen molar-refractivity contribution in [1.29, 1.82) is 0 Å². The highest BCUT2D eigenvalue weighted by Gasteiger charge is 2.26. The molecule has 0 saturated heterocycles. The molecule has 0 saturated carbocycles. The second-order valence-electron chi connectivity index (χ2n) is 9.86. The molecule has 0 bridgehead atoms. The molecule has 0 aliphatic heterocycles. The average Bonchev–Trinajstić information content (AvgIpc) is 3.46. The molecule has 0 unspecified atom stereocenters. The molecule has 0 atom stereocenters. The van der Waals surface area contributed by atoms with Crippen molar-refractivity contribution >= 4 is 22.1 Å². The van der Waals surface area contributed by atoms with E-state index in [1.165, 1.54) is 10.5 Å². The first-order valence-corrected chi connectivity index (χ1v) is 15.0. The Balaban J connectivity index is 1.31. The molecule has 42 heavy (non-hydrogen) atoms. The fourth-order valence-electron chi connectivity index (χ4n) is 4.61. The molecule has 1 aromatic heterocycles. The number of hydrogen-bond acceptors (Lipinski definition) is 5. The zero-order valence-electron chi connectivity index (χ0n) is 23.1. The first-order chi connectivity index (χ1) is 20.4. The molecule has 0 fully saturated rings. The summed E-state index contributed by atoms with van der Waals surface area (Å²) in [6.45, 7) is 2.11. The fraction of sp³-hybridized carbons (Fsp3) is 0.118. The molecule has 0 aliphatic carbocycles. The Morgan fingerprint density at radius 3 is 1.95 bits per heavy atom. The molecular weight excluding hydrogens is 546 g/mol. The summed E-state index contributed by atoms with van der Waals surface area (Å²) in [5.74, 6) is 0.0124. The van der Waals surface area contributed by atoms with Gasteiger partial charge in [-0.3, -0.25) is 4.79 Å². The lowest BCUT2D eigenvalue weighted by Crippen LogP contribution is -2.30. The van der Waals surface area contributed by atoms with Gasteiger partial charge in [0.05, 0.1) is 23.6 Å². The zero-order valence-corrected chi connectivity index (χ0v) is 23.9. The summed E-state index contributed by atoms with van der Waals surface area (Å²) in [7, 11) is -3.81. The van der Waals surface area contributed by atoms with E-state index in [1.54, 1.807) is 36.4 Å². The standard InChI is InChI=1S/C34H31N3O4S/c1-26-17-21-32(22-18-26)42(39,40)37(24-27-11-5-2-6-12-27)25-31-20-19-30(41-31)23-35-36-34(38)33(28-13-7-3-8-14-28)29-15-9-4-10-16-29/h2-23,33H,24-25H2,1H3,(H,36,38)/b35-23-. The maximum absolute atomic E-state index is 13.6. The number of rotatable bonds is 11. The average molecular weight is 578 g/mol. The first kappa shape index (κ1) is 28.7. The van der Waals surface area contributed by atoms with Gasteiger partial charge in [-0.05, 0) is 47.9 Å². The van der Waals surface area contributed by atoms with E-state index in [4.69, 9.17) is 4.42 Å². The topological polar surface area (TPSA) is 92.0 Å². The summed E-state index contributed by atoms with van der Waals surface area (Å²) >= 11 is 0. The number of carbonyl (C=O) groups is 1. The number of benzene rings is 4. The number of nitrogens with one attached hydrogen (secondary N) is 1. The number of furan rings is 1. The molecule has 0 aliphatic rings. The van der Waals surface area contributed by atoms with Crippen molar-refractivity contribution in [3.8, 4) is 0 Å². The Kier molecular flexibility index (Phi) is 9.06. The normalized spacial score (nSPS) is 11.8. The number of hydrogen-bond donors (Lipinski definition) is 1. The minimum Gasteiger partial charge on any atom is -0.459 e. The van der Waals surface area contributed by atoms with E-state index < -0.39 is 15.9 Å². The number of amides is 1. The van der Waals surface area contributed by atoms with Gasteiger partial charge in [0, 0.05) is 6.54 Å². The smallest absolute Gasteiger partial charge is 0.252 e. The predicted molar refractivity (Wildman–Crippen MR) is 163 cm³/mol. The summed E-state index contributed by atoms with van der Waals surface area (Å²) in [5, 5.41) is 4.13. The van der Waals surface area contributed by atoms with Gasteiger partial charge in [-0.1, -0.05) is 109 Å². The third kappa shape index (κ3) is 7.09. The van der Waals surface area contributed by atoms with Crippen LogP contribution in [0.15, 0.2) is 142 Å². The van der Waals surface area contributed by atoms with Gasteiger partial charge in [-0.2, -0.15) is 9.41 Å². The van der Waals surface area contributed by atoms with Crippen molar-refractivity contribution in [2.24, 2.45) is 5.10 Å². The molecule has 5 rings (SSSR count). The highest BCUT2D eigenvalue weighted by Crippen LogP contribution is 2.25. The van der Waals surface area contributed by atoms with Crippen molar-refractivity contribution in [2.75, 3.05) is 0 Å². The van der Waals surface area contributed by atoms with Crippen LogP contribution in [0.3, 0.4) is 0 Å². The van der Waals surface area contributed by atoms with E-state index in [-0.39, 0.29) is 23.9 Å². The Morgan fingerprint density at radius 1 is 0.786 bits per heavy atom. The van der Waals surface area contributed by atoms with E-state index in [0.29, 0.717) is 11.5 Å². The molecule has 5 aromatic rings. The quantitative estimate of drug-likeness (QED) is 0.148. The van der Waals surface area contributed by atoms with Crippen LogP contribution < -0.4 is 5.43 Å². The van der Waals surface area contributed by atoms with E-state index >= 15 is 0 Å². The van der Waals surface area contributed by atoms with Crippen LogP contribution in [0.1, 0.15) is 39.7 Å². The van der Waals surface area contributed by atoms with Crippen LogP contribution in [0, 0.1) is 6.92 Å². The molecular formula is C34H31N3O4S. The minimum atomic E-state index is -3.81. The summed E-state index contributed by atoms with van der Waals surface area (Å²) in [6, 6.07) is 38.6. The lowest BCUT2D eigenvalue weighted by atomic mass is 9.91. The lowest BCUT2D eigenvalue weighted by molar-refractivity contribution is -0.121. The highest BCUT2D eigenvalue weighted by molar-refractivity contribution is 7.89. The van der Waals surface area contributed by atoms with Gasteiger partial charge < -0.3 is 4.42 Å². The van der Waals surface area contributed by atoms with E-state index in [2.05, 4.69) is 10.5 Å². The molecule has 1 N–H and O–H groups in total. The fourth-order valence-corrected chi connectivity index (χ4v) is 6.00. The maximum Gasteiger partial charge on any atom is 0.252 e. The van der Waals surface area contributed by atoms with Crippen LogP contribution in [0.25, 0.3) is 0 Å².